The van der Waals surface area contributed by atoms with Crippen molar-refractivity contribution in [1.29, 1.82) is 0 Å². The minimum Gasteiger partial charge on any atom is -0.490 e. The number of nitro groups is 1. The van der Waals surface area contributed by atoms with Crippen molar-refractivity contribution in [3.8, 4) is 5.75 Å². The van der Waals surface area contributed by atoms with E-state index >= 15 is 0 Å². The first kappa shape index (κ1) is 13.4. The molecule has 5 heteroatoms. The van der Waals surface area contributed by atoms with E-state index in [1.165, 1.54) is 7.11 Å². The Morgan fingerprint density at radius 3 is 2.82 bits per heavy atom. The van der Waals surface area contributed by atoms with E-state index in [9.17, 15) is 10.1 Å². The molecule has 0 aliphatic carbocycles. The van der Waals surface area contributed by atoms with Crippen LogP contribution in [-0.2, 0) is 6.54 Å². The molecule has 17 heavy (non-hydrogen) atoms. The molecule has 0 spiro atoms. The predicted molar refractivity (Wildman–Crippen MR) is 66.3 cm³/mol. The highest BCUT2D eigenvalue weighted by molar-refractivity contribution is 5.48. The Balaban J connectivity index is 2.68. The van der Waals surface area contributed by atoms with Crippen LogP contribution in [0.4, 0.5) is 5.69 Å². The normalized spacial score (nSPS) is 10.2. The molecule has 0 heterocycles. The maximum absolute atomic E-state index is 10.8. The molecule has 0 aliphatic heterocycles. The van der Waals surface area contributed by atoms with Crippen molar-refractivity contribution in [1.82, 2.24) is 5.32 Å². The summed E-state index contributed by atoms with van der Waals surface area (Å²) in [6.07, 6.45) is 2.24. The summed E-state index contributed by atoms with van der Waals surface area (Å²) in [5.74, 6) is 0.298. The summed E-state index contributed by atoms with van der Waals surface area (Å²) in [5.41, 5.74) is 0.913. The number of benzene rings is 1. The molecule has 0 atom stereocenters. The van der Waals surface area contributed by atoms with Crippen molar-refractivity contribution in [2.45, 2.75) is 26.3 Å². The van der Waals surface area contributed by atoms with E-state index in [-0.39, 0.29) is 5.69 Å². The van der Waals surface area contributed by atoms with Crippen molar-refractivity contribution < 1.29 is 9.66 Å². The summed E-state index contributed by atoms with van der Waals surface area (Å²) in [6.45, 7) is 3.70. The minimum atomic E-state index is -0.422. The summed E-state index contributed by atoms with van der Waals surface area (Å²) in [4.78, 5) is 10.4. The topological polar surface area (TPSA) is 64.4 Å². The molecule has 94 valence electrons. The fourth-order valence-corrected chi connectivity index (χ4v) is 1.52. The van der Waals surface area contributed by atoms with Crippen LogP contribution in [0.1, 0.15) is 25.3 Å². The molecule has 0 radical (unpaired) electrons. The van der Waals surface area contributed by atoms with Crippen molar-refractivity contribution in [3.63, 3.8) is 0 Å². The fraction of sp³-hybridized carbons (Fsp3) is 0.500. The maximum Gasteiger partial charge on any atom is 0.311 e. The molecular formula is C12H18N2O3. The van der Waals surface area contributed by atoms with E-state index in [4.69, 9.17) is 4.74 Å². The van der Waals surface area contributed by atoms with E-state index < -0.39 is 4.92 Å². The number of nitrogens with zero attached hydrogens (tertiary/aromatic N) is 1. The molecule has 0 aromatic heterocycles. The van der Waals surface area contributed by atoms with E-state index in [2.05, 4.69) is 12.2 Å². The quantitative estimate of drug-likeness (QED) is 0.450. The monoisotopic (exact) mass is 238 g/mol. The number of rotatable bonds is 7. The third-order valence-electron chi connectivity index (χ3n) is 2.48. The van der Waals surface area contributed by atoms with Crippen LogP contribution >= 0.6 is 0 Å². The molecule has 0 fully saturated rings. The zero-order valence-corrected chi connectivity index (χ0v) is 10.2. The van der Waals surface area contributed by atoms with Gasteiger partial charge in [0.05, 0.1) is 12.0 Å². The molecule has 1 aromatic rings. The Bertz CT molecular complexity index is 380. The Hall–Kier alpha value is -1.62. The zero-order valence-electron chi connectivity index (χ0n) is 10.2. The highest BCUT2D eigenvalue weighted by Gasteiger charge is 2.14. The zero-order chi connectivity index (χ0) is 12.7. The number of hydrogen-bond acceptors (Lipinski definition) is 4. The number of hydrogen-bond donors (Lipinski definition) is 1. The second-order valence-electron chi connectivity index (χ2n) is 3.79. The van der Waals surface area contributed by atoms with Gasteiger partial charge in [-0.2, -0.15) is 0 Å². The third-order valence-corrected chi connectivity index (χ3v) is 2.48. The first-order valence-electron chi connectivity index (χ1n) is 5.71. The molecule has 5 nitrogen and oxygen atoms in total. The van der Waals surface area contributed by atoms with Gasteiger partial charge < -0.3 is 10.1 Å². The van der Waals surface area contributed by atoms with Gasteiger partial charge in [0, 0.05) is 12.6 Å². The second kappa shape index (κ2) is 6.85. The van der Waals surface area contributed by atoms with Gasteiger partial charge in [0.25, 0.3) is 0 Å². The lowest BCUT2D eigenvalue weighted by atomic mass is 10.2. The lowest BCUT2D eigenvalue weighted by molar-refractivity contribution is -0.385. The Morgan fingerprint density at radius 2 is 2.24 bits per heavy atom. The standard InChI is InChI=1S/C12H18N2O3/c1-3-4-7-13-9-10-5-6-12(17-2)11(8-10)14(15)16/h5-6,8,13H,3-4,7,9H2,1-2H3. The van der Waals surface area contributed by atoms with Gasteiger partial charge in [-0.05, 0) is 24.6 Å². The third kappa shape index (κ3) is 4.03. The Kier molecular flexibility index (Phi) is 5.42. The van der Waals surface area contributed by atoms with E-state index in [1.54, 1.807) is 12.1 Å². The van der Waals surface area contributed by atoms with Crippen LogP contribution in [0.3, 0.4) is 0 Å². The van der Waals surface area contributed by atoms with Crippen molar-refractivity contribution in [3.05, 3.63) is 33.9 Å². The molecule has 0 saturated carbocycles. The van der Waals surface area contributed by atoms with Crippen LogP contribution in [0.15, 0.2) is 18.2 Å². The Morgan fingerprint density at radius 1 is 1.47 bits per heavy atom. The smallest absolute Gasteiger partial charge is 0.311 e. The van der Waals surface area contributed by atoms with Crippen LogP contribution in [0.5, 0.6) is 5.75 Å². The molecule has 0 aliphatic rings. The molecule has 0 amide bonds. The number of nitro benzene ring substituents is 1. The highest BCUT2D eigenvalue weighted by atomic mass is 16.6. The minimum absolute atomic E-state index is 0.0160. The van der Waals surface area contributed by atoms with Crippen LogP contribution in [-0.4, -0.2) is 18.6 Å². The van der Waals surface area contributed by atoms with Crippen molar-refractivity contribution in [2.24, 2.45) is 0 Å². The largest absolute Gasteiger partial charge is 0.490 e. The van der Waals surface area contributed by atoms with Crippen LogP contribution in [0.2, 0.25) is 0 Å². The summed E-state index contributed by atoms with van der Waals surface area (Å²) < 4.78 is 4.94. The van der Waals surface area contributed by atoms with Crippen LogP contribution in [0.25, 0.3) is 0 Å². The van der Waals surface area contributed by atoms with Gasteiger partial charge in [0.15, 0.2) is 5.75 Å². The van der Waals surface area contributed by atoms with Gasteiger partial charge in [-0.25, -0.2) is 0 Å². The molecular weight excluding hydrogens is 220 g/mol. The summed E-state index contributed by atoms with van der Waals surface area (Å²) in [6, 6.07) is 5.03. The van der Waals surface area contributed by atoms with Gasteiger partial charge in [-0.15, -0.1) is 0 Å². The summed E-state index contributed by atoms with van der Waals surface area (Å²) in [5, 5.41) is 14.1. The lowest BCUT2D eigenvalue weighted by Crippen LogP contribution is -2.14. The SMILES string of the molecule is CCCCNCc1ccc(OC)c([N+](=O)[O-])c1. The van der Waals surface area contributed by atoms with Crippen molar-refractivity contribution >= 4 is 5.69 Å². The van der Waals surface area contributed by atoms with Gasteiger partial charge in [0.2, 0.25) is 0 Å². The van der Waals surface area contributed by atoms with Gasteiger partial charge in [-0.1, -0.05) is 19.4 Å². The number of unbranched alkanes of at least 4 members (excludes halogenated alkanes) is 1. The van der Waals surface area contributed by atoms with E-state index in [0.29, 0.717) is 12.3 Å². The summed E-state index contributed by atoms with van der Waals surface area (Å²) in [7, 11) is 1.43. The fourth-order valence-electron chi connectivity index (χ4n) is 1.52. The molecule has 0 unspecified atom stereocenters. The average molecular weight is 238 g/mol. The average Bonchev–Trinajstić information content (AvgIpc) is 2.34. The second-order valence-corrected chi connectivity index (χ2v) is 3.79. The summed E-state index contributed by atoms with van der Waals surface area (Å²) >= 11 is 0. The van der Waals surface area contributed by atoms with Crippen molar-refractivity contribution in [2.75, 3.05) is 13.7 Å². The van der Waals surface area contributed by atoms with Gasteiger partial charge in [-0.3, -0.25) is 10.1 Å². The first-order chi connectivity index (χ1) is 8.19. The maximum atomic E-state index is 10.8. The number of nitrogens with one attached hydrogen (secondary N) is 1. The van der Waals surface area contributed by atoms with Gasteiger partial charge in [0.1, 0.15) is 0 Å². The number of methoxy groups -OCH3 is 1. The lowest BCUT2D eigenvalue weighted by Gasteiger charge is -2.06. The van der Waals surface area contributed by atoms with E-state index in [0.717, 1.165) is 24.9 Å². The first-order valence-corrected chi connectivity index (χ1v) is 5.71. The molecule has 1 N–H and O–H groups in total. The van der Waals surface area contributed by atoms with Crippen LogP contribution in [0, 0.1) is 10.1 Å². The predicted octanol–water partition coefficient (Wildman–Crippen LogP) is 2.49. The van der Waals surface area contributed by atoms with E-state index in [1.807, 2.05) is 6.07 Å². The Labute approximate surface area is 101 Å². The number of ether oxygens (including phenoxy) is 1. The van der Waals surface area contributed by atoms with Gasteiger partial charge >= 0.3 is 5.69 Å². The molecule has 0 saturated heterocycles. The molecule has 1 rings (SSSR count). The highest BCUT2D eigenvalue weighted by Crippen LogP contribution is 2.27. The molecule has 1 aromatic carbocycles. The molecule has 0 bridgehead atoms. The van der Waals surface area contributed by atoms with Crippen LogP contribution < -0.4 is 10.1 Å².